The third-order valence-electron chi connectivity index (χ3n) is 7.67. The molecule has 1 unspecified atom stereocenters. The second-order valence-electron chi connectivity index (χ2n) is 11.3. The molecule has 0 aromatic heterocycles. The first-order chi connectivity index (χ1) is 22.8. The van der Waals surface area contributed by atoms with Gasteiger partial charge < -0.3 is 29.7 Å². The number of aliphatic hydroxyl groups is 1. The molecule has 0 aliphatic heterocycles. The van der Waals surface area contributed by atoms with E-state index in [1.165, 1.54) is 24.2 Å². The number of carboxylic acid groups (broad SMARTS) is 1. The number of rotatable bonds is 19. The monoisotopic (exact) mass is 640 g/mol. The lowest BCUT2D eigenvalue weighted by Crippen LogP contribution is -2.33. The number of nitrogens with zero attached hydrogens (tertiary/aromatic N) is 1. The molecule has 0 bridgehead atoms. The van der Waals surface area contributed by atoms with Gasteiger partial charge in [-0.2, -0.15) is 0 Å². The Labute approximate surface area is 276 Å². The molecule has 248 valence electrons. The van der Waals surface area contributed by atoms with Gasteiger partial charge in [0.1, 0.15) is 23.5 Å². The van der Waals surface area contributed by atoms with Gasteiger partial charge in [0.05, 0.1) is 25.8 Å². The van der Waals surface area contributed by atoms with Crippen LogP contribution in [-0.2, 0) is 17.9 Å². The van der Waals surface area contributed by atoms with Gasteiger partial charge in [0.25, 0.3) is 0 Å². The van der Waals surface area contributed by atoms with Gasteiger partial charge in [0.2, 0.25) is 0 Å². The minimum absolute atomic E-state index is 0.166. The highest BCUT2D eigenvalue weighted by atomic mass is 16.5. The van der Waals surface area contributed by atoms with Crippen LogP contribution in [0.2, 0.25) is 0 Å². The number of nitrogens with one attached hydrogen (secondary N) is 1. The van der Waals surface area contributed by atoms with Crippen molar-refractivity contribution in [3.8, 4) is 17.2 Å². The summed E-state index contributed by atoms with van der Waals surface area (Å²) in [5.74, 6) is 0.314. The van der Waals surface area contributed by atoms with Crippen molar-refractivity contribution in [3.63, 3.8) is 0 Å². The number of anilines is 1. The zero-order valence-electron chi connectivity index (χ0n) is 27.1. The van der Waals surface area contributed by atoms with Crippen molar-refractivity contribution in [2.45, 2.75) is 58.3 Å². The zero-order valence-corrected chi connectivity index (χ0v) is 27.1. The number of esters is 1. The Balaban J connectivity index is 1.29. The molecule has 4 aromatic rings. The minimum atomic E-state index is -1.15. The highest BCUT2D eigenvalue weighted by Crippen LogP contribution is 2.24. The van der Waals surface area contributed by atoms with Gasteiger partial charge in [-0.25, -0.2) is 4.79 Å². The molecule has 1 atom stereocenters. The molecule has 0 aliphatic carbocycles. The molecule has 9 nitrogen and oxygen atoms in total. The van der Waals surface area contributed by atoms with Crippen molar-refractivity contribution in [1.29, 1.82) is 0 Å². The van der Waals surface area contributed by atoms with E-state index in [0.717, 1.165) is 35.4 Å². The summed E-state index contributed by atoms with van der Waals surface area (Å²) in [6, 6.07) is 28.7. The first kappa shape index (κ1) is 35.0. The number of ether oxygens (including phenoxy) is 3. The quantitative estimate of drug-likeness (QED) is 0.0416. The second kappa shape index (κ2) is 18.3. The van der Waals surface area contributed by atoms with E-state index in [1.807, 2.05) is 36.4 Å². The van der Waals surface area contributed by atoms with Crippen LogP contribution in [0.25, 0.3) is 0 Å². The number of carboxylic acids is 1. The smallest absolute Gasteiger partial charge is 0.343 e. The Bertz CT molecular complexity index is 1520. The van der Waals surface area contributed by atoms with E-state index in [1.54, 1.807) is 67.8 Å². The van der Waals surface area contributed by atoms with Crippen LogP contribution in [0.3, 0.4) is 0 Å². The van der Waals surface area contributed by atoms with Crippen LogP contribution in [0.4, 0.5) is 5.69 Å². The summed E-state index contributed by atoms with van der Waals surface area (Å²) in [4.78, 5) is 25.8. The Morgan fingerprint density at radius 1 is 0.766 bits per heavy atom. The predicted octanol–water partition coefficient (Wildman–Crippen LogP) is 7.45. The van der Waals surface area contributed by atoms with E-state index in [0.29, 0.717) is 35.8 Å². The van der Waals surface area contributed by atoms with E-state index >= 15 is 0 Å². The molecule has 9 heteroatoms. The molecular formula is C38H44N2O7. The molecule has 0 saturated carbocycles. The average molecular weight is 641 g/mol. The molecular weight excluding hydrogens is 596 g/mol. The SMILES string of the molecule is CCCCCCCOc1ccc(C(=O)Oc2ccc(CN(CC(=O)O)C(O)c3ccc(NCc4ccc(OC)cc4)cc3)cc2)cc1. The molecule has 0 fully saturated rings. The number of hydrogen-bond donors (Lipinski definition) is 3. The highest BCUT2D eigenvalue weighted by molar-refractivity contribution is 5.91. The number of aliphatic carboxylic acids is 1. The van der Waals surface area contributed by atoms with Crippen molar-refractivity contribution in [2.75, 3.05) is 25.6 Å². The Kier molecular flexibility index (Phi) is 13.6. The summed E-state index contributed by atoms with van der Waals surface area (Å²) >= 11 is 0. The van der Waals surface area contributed by atoms with Gasteiger partial charge in [-0.1, -0.05) is 69.0 Å². The Morgan fingerprint density at radius 3 is 2.02 bits per heavy atom. The average Bonchev–Trinajstić information content (AvgIpc) is 3.09. The molecule has 0 heterocycles. The standard InChI is InChI=1S/C38H44N2O7/c1-3-4-5-6-7-24-46-34-22-14-31(15-23-34)38(44)47-35-20-10-29(11-21-35)26-40(27-36(41)42)37(43)30-12-16-32(17-13-30)39-25-28-8-18-33(45-2)19-9-28/h8-23,37,39,43H,3-7,24-27H2,1-2H3,(H,41,42). The van der Waals surface area contributed by atoms with Gasteiger partial charge in [0, 0.05) is 18.8 Å². The van der Waals surface area contributed by atoms with Gasteiger partial charge in [-0.15, -0.1) is 0 Å². The third-order valence-corrected chi connectivity index (χ3v) is 7.67. The molecule has 0 saturated heterocycles. The number of aliphatic hydroxyl groups excluding tert-OH is 1. The summed E-state index contributed by atoms with van der Waals surface area (Å²) in [7, 11) is 1.63. The van der Waals surface area contributed by atoms with Crippen LogP contribution >= 0.6 is 0 Å². The Hall–Kier alpha value is -4.86. The molecule has 0 amide bonds. The first-order valence-corrected chi connectivity index (χ1v) is 16.0. The number of carbonyl (C=O) groups is 2. The number of benzene rings is 4. The maximum absolute atomic E-state index is 12.7. The largest absolute Gasteiger partial charge is 0.497 e. The van der Waals surface area contributed by atoms with E-state index in [2.05, 4.69) is 12.2 Å². The number of methoxy groups -OCH3 is 1. The summed E-state index contributed by atoms with van der Waals surface area (Å²) in [5.41, 5.74) is 3.67. The van der Waals surface area contributed by atoms with Crippen LogP contribution in [0.5, 0.6) is 17.2 Å². The zero-order chi connectivity index (χ0) is 33.4. The predicted molar refractivity (Wildman–Crippen MR) is 182 cm³/mol. The van der Waals surface area contributed by atoms with E-state index in [4.69, 9.17) is 14.2 Å². The van der Waals surface area contributed by atoms with Crippen LogP contribution in [-0.4, -0.2) is 47.3 Å². The maximum Gasteiger partial charge on any atom is 0.343 e. The first-order valence-electron chi connectivity index (χ1n) is 16.0. The molecule has 47 heavy (non-hydrogen) atoms. The number of unbranched alkanes of at least 4 members (excludes halogenated alkanes) is 4. The molecule has 4 aromatic carbocycles. The third kappa shape index (κ3) is 11.5. The summed E-state index contributed by atoms with van der Waals surface area (Å²) in [6.45, 7) is 3.25. The number of carbonyl (C=O) groups excluding carboxylic acids is 1. The van der Waals surface area contributed by atoms with Crippen molar-refractivity contribution >= 4 is 17.6 Å². The van der Waals surface area contributed by atoms with Crippen LogP contribution in [0.15, 0.2) is 97.1 Å². The van der Waals surface area contributed by atoms with Gasteiger partial charge in [-0.05, 0) is 83.8 Å². The lowest BCUT2D eigenvalue weighted by atomic mass is 10.1. The van der Waals surface area contributed by atoms with Crippen LogP contribution < -0.4 is 19.5 Å². The fourth-order valence-electron chi connectivity index (χ4n) is 4.98. The fraction of sp³-hybridized carbons (Fsp3) is 0.316. The van der Waals surface area contributed by atoms with Crippen LogP contribution in [0, 0.1) is 0 Å². The summed E-state index contributed by atoms with van der Waals surface area (Å²) in [5, 5.41) is 24.0. The topological polar surface area (TPSA) is 118 Å². The molecule has 3 N–H and O–H groups in total. The summed E-state index contributed by atoms with van der Waals surface area (Å²) < 4.78 is 16.5. The van der Waals surface area contributed by atoms with Gasteiger partial charge >= 0.3 is 11.9 Å². The van der Waals surface area contributed by atoms with Crippen molar-refractivity contribution < 1.29 is 34.0 Å². The molecule has 0 radical (unpaired) electrons. The van der Waals surface area contributed by atoms with E-state index in [9.17, 15) is 19.8 Å². The van der Waals surface area contributed by atoms with Gasteiger partial charge in [0.15, 0.2) is 0 Å². The lowest BCUT2D eigenvalue weighted by Gasteiger charge is -2.27. The highest BCUT2D eigenvalue weighted by Gasteiger charge is 2.21. The number of hydrogen-bond acceptors (Lipinski definition) is 8. The normalized spacial score (nSPS) is 11.6. The lowest BCUT2D eigenvalue weighted by molar-refractivity contribution is -0.142. The second-order valence-corrected chi connectivity index (χ2v) is 11.3. The van der Waals surface area contributed by atoms with E-state index in [-0.39, 0.29) is 13.1 Å². The molecule has 0 spiro atoms. The minimum Gasteiger partial charge on any atom is -0.497 e. The molecule has 0 aliphatic rings. The van der Waals surface area contributed by atoms with Crippen molar-refractivity contribution in [1.82, 2.24) is 4.90 Å². The fourth-order valence-corrected chi connectivity index (χ4v) is 4.98. The maximum atomic E-state index is 12.7. The van der Waals surface area contributed by atoms with E-state index < -0.39 is 18.2 Å². The Morgan fingerprint density at radius 2 is 1.38 bits per heavy atom. The van der Waals surface area contributed by atoms with Gasteiger partial charge in [-0.3, -0.25) is 9.69 Å². The summed E-state index contributed by atoms with van der Waals surface area (Å²) in [6.07, 6.45) is 4.67. The van der Waals surface area contributed by atoms with Crippen molar-refractivity contribution in [2.24, 2.45) is 0 Å². The van der Waals surface area contributed by atoms with Crippen LogP contribution in [0.1, 0.15) is 72.3 Å². The van der Waals surface area contributed by atoms with Crippen molar-refractivity contribution in [3.05, 3.63) is 119 Å². The molecule has 4 rings (SSSR count).